The second kappa shape index (κ2) is 2.23. The highest BCUT2D eigenvalue weighted by Gasteiger charge is 2.32. The number of rotatable bonds is 0. The highest BCUT2D eigenvalue weighted by Crippen LogP contribution is 2.31. The Morgan fingerprint density at radius 3 is 3.10 bits per heavy atom. The molecule has 1 aliphatic heterocycles. The van der Waals surface area contributed by atoms with E-state index in [9.17, 15) is 0 Å². The van der Waals surface area contributed by atoms with Gasteiger partial charge in [-0.3, -0.25) is 5.41 Å². The zero-order chi connectivity index (χ0) is 6.97. The maximum absolute atomic E-state index is 7.32. The van der Waals surface area contributed by atoms with E-state index in [1.807, 2.05) is 0 Å². The third-order valence-corrected chi connectivity index (χ3v) is 2.27. The third-order valence-electron chi connectivity index (χ3n) is 2.27. The van der Waals surface area contributed by atoms with E-state index in [0.717, 1.165) is 19.3 Å². The van der Waals surface area contributed by atoms with Crippen molar-refractivity contribution in [1.29, 1.82) is 5.41 Å². The van der Waals surface area contributed by atoms with Gasteiger partial charge in [-0.15, -0.1) is 0 Å². The van der Waals surface area contributed by atoms with Gasteiger partial charge in [0.2, 0.25) is 5.90 Å². The van der Waals surface area contributed by atoms with Gasteiger partial charge in [-0.25, -0.2) is 0 Å². The Morgan fingerprint density at radius 2 is 2.30 bits per heavy atom. The minimum absolute atomic E-state index is 0.271. The first kappa shape index (κ1) is 6.16. The molecular weight excluding hydrogens is 130 g/mol. The lowest BCUT2D eigenvalue weighted by atomic mass is 9.87. The van der Waals surface area contributed by atoms with Crippen LogP contribution in [0.15, 0.2) is 0 Å². The predicted octanol–water partition coefficient (Wildman–Crippen LogP) is 1.48. The van der Waals surface area contributed by atoms with Gasteiger partial charge in [0.25, 0.3) is 0 Å². The van der Waals surface area contributed by atoms with Gasteiger partial charge in [-0.2, -0.15) is 4.89 Å². The van der Waals surface area contributed by atoms with Crippen LogP contribution >= 0.6 is 0 Å². The smallest absolute Gasteiger partial charge is 0.228 e. The molecule has 10 heavy (non-hydrogen) atoms. The van der Waals surface area contributed by atoms with Gasteiger partial charge >= 0.3 is 0 Å². The monoisotopic (exact) mass is 141 g/mol. The maximum atomic E-state index is 7.32. The molecule has 0 aromatic heterocycles. The van der Waals surface area contributed by atoms with Gasteiger partial charge in [0.1, 0.15) is 6.10 Å². The lowest BCUT2D eigenvalue weighted by Gasteiger charge is -2.32. The Kier molecular flexibility index (Phi) is 1.38. The van der Waals surface area contributed by atoms with E-state index in [-0.39, 0.29) is 6.10 Å². The molecule has 56 valence electrons. The van der Waals surface area contributed by atoms with Crippen molar-refractivity contribution in [3.8, 4) is 0 Å². The number of hydrogen-bond acceptors (Lipinski definition) is 3. The fourth-order valence-electron chi connectivity index (χ4n) is 1.66. The minimum Gasteiger partial charge on any atom is -0.322 e. The average Bonchev–Trinajstić information content (AvgIpc) is 1.99. The van der Waals surface area contributed by atoms with Gasteiger partial charge in [-0.05, 0) is 25.7 Å². The zero-order valence-electron chi connectivity index (χ0n) is 5.80. The van der Waals surface area contributed by atoms with Crippen LogP contribution in [0.25, 0.3) is 0 Å². The van der Waals surface area contributed by atoms with Gasteiger partial charge in [0.05, 0.1) is 0 Å². The molecule has 2 bridgehead atoms. The van der Waals surface area contributed by atoms with Gasteiger partial charge in [0, 0.05) is 5.92 Å². The van der Waals surface area contributed by atoms with E-state index in [1.165, 1.54) is 6.42 Å². The summed E-state index contributed by atoms with van der Waals surface area (Å²) < 4.78 is 0. The molecule has 1 N–H and O–H groups in total. The van der Waals surface area contributed by atoms with Crippen molar-refractivity contribution in [3.05, 3.63) is 0 Å². The van der Waals surface area contributed by atoms with Gasteiger partial charge in [-0.1, -0.05) is 0 Å². The highest BCUT2D eigenvalue weighted by molar-refractivity contribution is 5.75. The highest BCUT2D eigenvalue weighted by atomic mass is 17.2. The summed E-state index contributed by atoms with van der Waals surface area (Å²) in [7, 11) is 0. The van der Waals surface area contributed by atoms with E-state index in [1.54, 1.807) is 0 Å². The summed E-state index contributed by atoms with van der Waals surface area (Å²) in [4.78, 5) is 9.66. The van der Waals surface area contributed by atoms with Crippen molar-refractivity contribution in [2.24, 2.45) is 5.92 Å². The topological polar surface area (TPSA) is 42.3 Å². The van der Waals surface area contributed by atoms with E-state index in [4.69, 9.17) is 15.2 Å². The number of nitrogens with one attached hydrogen (secondary N) is 1. The SMILES string of the molecule is N=C1OOC2CCCC1C2. The number of hydrogen-bond donors (Lipinski definition) is 1. The molecule has 3 nitrogen and oxygen atoms in total. The van der Waals surface area contributed by atoms with Crippen molar-refractivity contribution in [3.63, 3.8) is 0 Å². The lowest BCUT2D eigenvalue weighted by Crippen LogP contribution is -2.35. The molecule has 0 radical (unpaired) electrons. The Bertz CT molecular complexity index is 158. The molecule has 2 aliphatic rings. The van der Waals surface area contributed by atoms with Crippen LogP contribution in [0.1, 0.15) is 25.7 Å². The van der Waals surface area contributed by atoms with Crippen LogP contribution in [0.3, 0.4) is 0 Å². The van der Waals surface area contributed by atoms with E-state index < -0.39 is 0 Å². The molecule has 0 aromatic carbocycles. The quantitative estimate of drug-likeness (QED) is 0.519. The largest absolute Gasteiger partial charge is 0.322 e. The summed E-state index contributed by atoms with van der Waals surface area (Å²) in [5.74, 6) is 0.684. The van der Waals surface area contributed by atoms with Crippen molar-refractivity contribution in [1.82, 2.24) is 0 Å². The predicted molar refractivity (Wildman–Crippen MR) is 35.6 cm³/mol. The van der Waals surface area contributed by atoms with Crippen molar-refractivity contribution >= 4 is 5.90 Å². The van der Waals surface area contributed by atoms with Crippen molar-refractivity contribution < 1.29 is 9.78 Å². The molecule has 0 spiro atoms. The molecule has 1 aliphatic carbocycles. The molecule has 0 aromatic rings. The molecule has 2 unspecified atom stereocenters. The lowest BCUT2D eigenvalue weighted by molar-refractivity contribution is -0.288. The first-order valence-corrected chi connectivity index (χ1v) is 3.78. The van der Waals surface area contributed by atoms with Crippen LogP contribution in [-0.2, 0) is 9.78 Å². The summed E-state index contributed by atoms with van der Waals surface area (Å²) >= 11 is 0. The van der Waals surface area contributed by atoms with Crippen LogP contribution in [-0.4, -0.2) is 12.0 Å². The van der Waals surface area contributed by atoms with Crippen LogP contribution in [0, 0.1) is 11.3 Å². The Balaban J connectivity index is 2.07. The third kappa shape index (κ3) is 0.904. The molecule has 2 rings (SSSR count). The fourth-order valence-corrected chi connectivity index (χ4v) is 1.66. The van der Waals surface area contributed by atoms with E-state index in [2.05, 4.69) is 0 Å². The van der Waals surface area contributed by atoms with Gasteiger partial charge < -0.3 is 4.89 Å². The van der Waals surface area contributed by atoms with Gasteiger partial charge in [0.15, 0.2) is 0 Å². The van der Waals surface area contributed by atoms with E-state index >= 15 is 0 Å². The minimum atomic E-state index is 0.271. The standard InChI is InChI=1S/C7H11NO2/c8-7-5-2-1-3-6(4-5)9-10-7/h5-6,8H,1-4H2. The van der Waals surface area contributed by atoms with Crippen LogP contribution in [0.5, 0.6) is 0 Å². The Morgan fingerprint density at radius 1 is 1.40 bits per heavy atom. The second-order valence-corrected chi connectivity index (χ2v) is 3.03. The summed E-state index contributed by atoms with van der Waals surface area (Å²) in [5, 5.41) is 7.32. The first-order valence-electron chi connectivity index (χ1n) is 3.78. The Labute approximate surface area is 59.8 Å². The summed E-state index contributed by atoms with van der Waals surface area (Å²) in [6.07, 6.45) is 4.66. The summed E-state index contributed by atoms with van der Waals surface area (Å²) in [6, 6.07) is 0. The molecular formula is C7H11NO2. The molecule has 2 fully saturated rings. The fraction of sp³-hybridized carbons (Fsp3) is 0.857. The Hall–Kier alpha value is -0.570. The summed E-state index contributed by atoms with van der Waals surface area (Å²) in [5.41, 5.74) is 0. The number of fused-ring (bicyclic) bond motifs is 2. The zero-order valence-corrected chi connectivity index (χ0v) is 5.80. The van der Waals surface area contributed by atoms with Crippen LogP contribution in [0.2, 0.25) is 0 Å². The van der Waals surface area contributed by atoms with E-state index in [0.29, 0.717) is 11.8 Å². The van der Waals surface area contributed by atoms with Crippen LogP contribution in [0.4, 0.5) is 0 Å². The molecule has 3 heteroatoms. The molecule has 1 heterocycles. The maximum Gasteiger partial charge on any atom is 0.228 e. The molecule has 0 amide bonds. The van der Waals surface area contributed by atoms with Crippen molar-refractivity contribution in [2.75, 3.05) is 0 Å². The van der Waals surface area contributed by atoms with Crippen molar-refractivity contribution in [2.45, 2.75) is 31.8 Å². The van der Waals surface area contributed by atoms with Crippen LogP contribution < -0.4 is 0 Å². The summed E-state index contributed by atoms with van der Waals surface area (Å²) in [6.45, 7) is 0. The second-order valence-electron chi connectivity index (χ2n) is 3.03. The molecule has 1 saturated carbocycles. The molecule has 2 atom stereocenters. The molecule has 1 saturated heterocycles. The average molecular weight is 141 g/mol. The normalized spacial score (nSPS) is 39.0. The first-order chi connectivity index (χ1) is 4.86.